The molecule has 5 nitrogen and oxygen atoms in total. The Hall–Kier alpha value is -2.44. The second kappa shape index (κ2) is 8.50. The predicted octanol–water partition coefficient (Wildman–Crippen LogP) is 3.93. The van der Waals surface area contributed by atoms with Gasteiger partial charge in [-0.2, -0.15) is 0 Å². The van der Waals surface area contributed by atoms with E-state index in [-0.39, 0.29) is 11.8 Å². The summed E-state index contributed by atoms with van der Waals surface area (Å²) in [5, 5.41) is 5.09. The molecular formula is C21H23N3O2S. The number of hydrogen-bond donors (Lipinski definition) is 1. The highest BCUT2D eigenvalue weighted by Crippen LogP contribution is 2.25. The molecular weight excluding hydrogens is 358 g/mol. The molecule has 0 unspecified atom stereocenters. The summed E-state index contributed by atoms with van der Waals surface area (Å²) in [6.07, 6.45) is 3.51. The number of piperidine rings is 1. The van der Waals surface area contributed by atoms with Crippen LogP contribution in [0.1, 0.15) is 24.1 Å². The number of hydrogen-bond acceptors (Lipinski definition) is 5. The Morgan fingerprint density at radius 1 is 1.19 bits per heavy atom. The summed E-state index contributed by atoms with van der Waals surface area (Å²) in [5.74, 6) is 0.957. The maximum absolute atomic E-state index is 12.4. The molecule has 3 heterocycles. The standard InChI is InChI=1S/C21H23N3O2S/c25-20(22-13-16-5-2-1-3-6-16)17-8-10-24(11-9-17)14-18-15-26-21(23-18)19-7-4-12-27-19/h1-7,12,15,17H,8-11,13-14H2,(H,22,25). The third kappa shape index (κ3) is 4.64. The minimum atomic E-state index is 0.101. The van der Waals surface area contributed by atoms with Gasteiger partial charge in [-0.3, -0.25) is 9.69 Å². The van der Waals surface area contributed by atoms with Crippen molar-refractivity contribution < 1.29 is 9.21 Å². The van der Waals surface area contributed by atoms with E-state index in [9.17, 15) is 4.79 Å². The smallest absolute Gasteiger partial charge is 0.236 e. The van der Waals surface area contributed by atoms with E-state index in [0.29, 0.717) is 12.4 Å². The number of nitrogens with zero attached hydrogens (tertiary/aromatic N) is 2. The molecule has 1 aliphatic heterocycles. The maximum atomic E-state index is 12.4. The van der Waals surface area contributed by atoms with Crippen LogP contribution in [0.2, 0.25) is 0 Å². The van der Waals surface area contributed by atoms with Crippen LogP contribution in [0.4, 0.5) is 0 Å². The minimum Gasteiger partial charge on any atom is -0.444 e. The van der Waals surface area contributed by atoms with Gasteiger partial charge in [0.05, 0.1) is 10.6 Å². The third-order valence-electron chi connectivity index (χ3n) is 4.94. The number of carbonyl (C=O) groups is 1. The van der Waals surface area contributed by atoms with Crippen LogP contribution in [0, 0.1) is 5.92 Å². The Kier molecular flexibility index (Phi) is 5.65. The topological polar surface area (TPSA) is 58.4 Å². The lowest BCUT2D eigenvalue weighted by molar-refractivity contribution is -0.126. The number of amides is 1. The van der Waals surface area contributed by atoms with E-state index in [4.69, 9.17) is 4.42 Å². The lowest BCUT2D eigenvalue weighted by Gasteiger charge is -2.30. The van der Waals surface area contributed by atoms with Gasteiger partial charge in [-0.05, 0) is 42.9 Å². The fourth-order valence-electron chi connectivity index (χ4n) is 3.40. The highest BCUT2D eigenvalue weighted by molar-refractivity contribution is 7.13. The molecule has 0 atom stereocenters. The Bertz CT molecular complexity index is 853. The molecule has 1 N–H and O–H groups in total. The van der Waals surface area contributed by atoms with Crippen molar-refractivity contribution in [1.82, 2.24) is 15.2 Å². The Morgan fingerprint density at radius 3 is 2.74 bits per heavy atom. The molecule has 27 heavy (non-hydrogen) atoms. The molecule has 0 aliphatic carbocycles. The molecule has 1 fully saturated rings. The van der Waals surface area contributed by atoms with Gasteiger partial charge in [0.15, 0.2) is 0 Å². The number of benzene rings is 1. The average molecular weight is 382 g/mol. The minimum absolute atomic E-state index is 0.101. The first-order chi connectivity index (χ1) is 13.3. The molecule has 2 aromatic heterocycles. The SMILES string of the molecule is O=C(NCc1ccccc1)C1CCN(Cc2coc(-c3cccs3)n2)CC1. The molecule has 0 spiro atoms. The van der Waals surface area contributed by atoms with Gasteiger partial charge in [-0.25, -0.2) is 4.98 Å². The highest BCUT2D eigenvalue weighted by atomic mass is 32.1. The van der Waals surface area contributed by atoms with Crippen molar-refractivity contribution in [2.75, 3.05) is 13.1 Å². The zero-order chi connectivity index (χ0) is 18.5. The van der Waals surface area contributed by atoms with Crippen LogP contribution in [0.15, 0.2) is 58.5 Å². The van der Waals surface area contributed by atoms with Crippen molar-refractivity contribution in [2.24, 2.45) is 5.92 Å². The first kappa shape index (κ1) is 17.9. The summed E-state index contributed by atoms with van der Waals surface area (Å²) < 4.78 is 5.59. The molecule has 6 heteroatoms. The summed E-state index contributed by atoms with van der Waals surface area (Å²) in [6.45, 7) is 3.19. The van der Waals surface area contributed by atoms with Crippen molar-refractivity contribution in [2.45, 2.75) is 25.9 Å². The Balaban J connectivity index is 1.23. The van der Waals surface area contributed by atoms with E-state index in [2.05, 4.69) is 15.2 Å². The van der Waals surface area contributed by atoms with Crippen LogP contribution in [-0.2, 0) is 17.9 Å². The van der Waals surface area contributed by atoms with Crippen molar-refractivity contribution in [3.05, 3.63) is 65.4 Å². The summed E-state index contributed by atoms with van der Waals surface area (Å²) in [7, 11) is 0. The fourth-order valence-corrected chi connectivity index (χ4v) is 4.06. The van der Waals surface area contributed by atoms with Gasteiger partial charge in [0.1, 0.15) is 6.26 Å². The van der Waals surface area contributed by atoms with Crippen LogP contribution >= 0.6 is 11.3 Å². The monoisotopic (exact) mass is 381 g/mol. The van der Waals surface area contributed by atoms with E-state index < -0.39 is 0 Å². The molecule has 4 rings (SSSR count). The van der Waals surface area contributed by atoms with Crippen molar-refractivity contribution in [3.8, 4) is 10.8 Å². The van der Waals surface area contributed by atoms with Crippen LogP contribution in [-0.4, -0.2) is 28.9 Å². The molecule has 0 saturated carbocycles. The number of aromatic nitrogens is 1. The van der Waals surface area contributed by atoms with Crippen LogP contribution in [0.5, 0.6) is 0 Å². The summed E-state index contributed by atoms with van der Waals surface area (Å²) in [4.78, 5) is 20.4. The van der Waals surface area contributed by atoms with Gasteiger partial charge in [0.2, 0.25) is 11.8 Å². The predicted molar refractivity (Wildman–Crippen MR) is 106 cm³/mol. The van der Waals surface area contributed by atoms with E-state index in [1.807, 2.05) is 47.8 Å². The van der Waals surface area contributed by atoms with E-state index in [1.165, 1.54) is 0 Å². The van der Waals surface area contributed by atoms with E-state index >= 15 is 0 Å². The lowest BCUT2D eigenvalue weighted by atomic mass is 9.95. The molecule has 1 saturated heterocycles. The molecule has 1 amide bonds. The van der Waals surface area contributed by atoms with Gasteiger partial charge in [0.25, 0.3) is 0 Å². The molecule has 0 bridgehead atoms. The highest BCUT2D eigenvalue weighted by Gasteiger charge is 2.25. The Labute approximate surface area is 163 Å². The number of nitrogens with one attached hydrogen (secondary N) is 1. The first-order valence-electron chi connectivity index (χ1n) is 9.30. The molecule has 140 valence electrons. The quantitative estimate of drug-likeness (QED) is 0.703. The third-order valence-corrected chi connectivity index (χ3v) is 5.80. The number of oxazole rings is 1. The summed E-state index contributed by atoms with van der Waals surface area (Å²) >= 11 is 1.63. The average Bonchev–Trinajstić information content (AvgIpc) is 3.39. The van der Waals surface area contributed by atoms with E-state index in [0.717, 1.165) is 48.6 Å². The van der Waals surface area contributed by atoms with Crippen LogP contribution < -0.4 is 5.32 Å². The number of thiophene rings is 1. The van der Waals surface area contributed by atoms with Gasteiger partial charge >= 0.3 is 0 Å². The second-order valence-electron chi connectivity index (χ2n) is 6.88. The Morgan fingerprint density at radius 2 is 2.00 bits per heavy atom. The van der Waals surface area contributed by atoms with Crippen molar-refractivity contribution in [3.63, 3.8) is 0 Å². The van der Waals surface area contributed by atoms with Crippen molar-refractivity contribution >= 4 is 17.2 Å². The second-order valence-corrected chi connectivity index (χ2v) is 7.82. The zero-order valence-corrected chi connectivity index (χ0v) is 16.0. The largest absolute Gasteiger partial charge is 0.444 e. The maximum Gasteiger partial charge on any atom is 0.236 e. The molecule has 0 radical (unpaired) electrons. The molecule has 1 aliphatic rings. The number of likely N-dealkylation sites (tertiary alicyclic amines) is 1. The fraction of sp³-hybridized carbons (Fsp3) is 0.333. The molecule has 1 aromatic carbocycles. The van der Waals surface area contributed by atoms with Crippen LogP contribution in [0.25, 0.3) is 10.8 Å². The normalized spacial score (nSPS) is 15.7. The summed E-state index contributed by atoms with van der Waals surface area (Å²) in [5.41, 5.74) is 2.08. The van der Waals surface area contributed by atoms with Gasteiger partial charge in [-0.15, -0.1) is 11.3 Å². The van der Waals surface area contributed by atoms with Gasteiger partial charge in [-0.1, -0.05) is 36.4 Å². The van der Waals surface area contributed by atoms with Crippen molar-refractivity contribution in [1.29, 1.82) is 0 Å². The number of carbonyl (C=O) groups excluding carboxylic acids is 1. The van der Waals surface area contributed by atoms with Gasteiger partial charge in [0, 0.05) is 19.0 Å². The van der Waals surface area contributed by atoms with Gasteiger partial charge < -0.3 is 9.73 Å². The molecule has 3 aromatic rings. The first-order valence-corrected chi connectivity index (χ1v) is 10.2. The summed E-state index contributed by atoms with van der Waals surface area (Å²) in [6, 6.07) is 14.1. The number of rotatable bonds is 6. The van der Waals surface area contributed by atoms with E-state index in [1.54, 1.807) is 17.6 Å². The lowest BCUT2D eigenvalue weighted by Crippen LogP contribution is -2.40. The van der Waals surface area contributed by atoms with Crippen LogP contribution in [0.3, 0.4) is 0 Å². The zero-order valence-electron chi connectivity index (χ0n) is 15.1.